The Morgan fingerprint density at radius 3 is 1.97 bits per heavy atom. The van der Waals surface area contributed by atoms with Crippen molar-refractivity contribution in [3.05, 3.63) is 99.0 Å². The van der Waals surface area contributed by atoms with Crippen molar-refractivity contribution in [1.82, 2.24) is 0 Å². The van der Waals surface area contributed by atoms with E-state index in [1.807, 2.05) is 0 Å². The van der Waals surface area contributed by atoms with E-state index in [-0.39, 0.29) is 29.0 Å². The van der Waals surface area contributed by atoms with Crippen LogP contribution in [0.1, 0.15) is 21.5 Å². The minimum absolute atomic E-state index is 0.00518. The van der Waals surface area contributed by atoms with E-state index in [9.17, 15) is 22.4 Å². The Balaban J connectivity index is 1.74. The molecule has 0 atom stereocenters. The third-order valence-electron chi connectivity index (χ3n) is 3.93. The minimum atomic E-state index is -0.838. The predicted octanol–water partition coefficient (Wildman–Crippen LogP) is 5.94. The van der Waals surface area contributed by atoms with E-state index in [0.717, 1.165) is 18.2 Å². The second-order valence-electron chi connectivity index (χ2n) is 5.98. The summed E-state index contributed by atoms with van der Waals surface area (Å²) in [5.41, 5.74) is 0.122. The lowest BCUT2D eigenvalue weighted by Crippen LogP contribution is -2.09. The van der Waals surface area contributed by atoms with Crippen molar-refractivity contribution < 1.29 is 31.8 Å². The predicted molar refractivity (Wildman–Crippen MR) is 100 cm³/mol. The molecular formula is C21H13BrF4O3. The van der Waals surface area contributed by atoms with Gasteiger partial charge >= 0.3 is 5.97 Å². The first-order valence-corrected chi connectivity index (χ1v) is 9.10. The molecule has 0 aliphatic heterocycles. The van der Waals surface area contributed by atoms with Crippen LogP contribution in [0.15, 0.2) is 59.1 Å². The van der Waals surface area contributed by atoms with Gasteiger partial charge in [0.05, 0.1) is 0 Å². The molecular weight excluding hydrogens is 456 g/mol. The van der Waals surface area contributed by atoms with E-state index in [2.05, 4.69) is 15.9 Å². The summed E-state index contributed by atoms with van der Waals surface area (Å²) in [5.74, 6) is -3.79. The Morgan fingerprint density at radius 2 is 1.38 bits per heavy atom. The van der Waals surface area contributed by atoms with Gasteiger partial charge in [0.15, 0.2) is 0 Å². The third kappa shape index (κ3) is 5.35. The van der Waals surface area contributed by atoms with Gasteiger partial charge in [-0.15, -0.1) is 0 Å². The van der Waals surface area contributed by atoms with E-state index < -0.39 is 35.8 Å². The first kappa shape index (κ1) is 20.9. The second kappa shape index (κ2) is 9.09. The van der Waals surface area contributed by atoms with E-state index in [1.165, 1.54) is 24.3 Å². The van der Waals surface area contributed by atoms with Gasteiger partial charge in [-0.1, -0.05) is 15.9 Å². The molecule has 0 bridgehead atoms. The summed E-state index contributed by atoms with van der Waals surface area (Å²) >= 11 is 3.23. The number of rotatable bonds is 6. The van der Waals surface area contributed by atoms with Gasteiger partial charge in [-0.25, -0.2) is 22.4 Å². The number of carbonyl (C=O) groups excluding carboxylic acids is 1. The normalized spacial score (nSPS) is 10.7. The molecule has 0 amide bonds. The maximum atomic E-state index is 13.8. The number of ether oxygens (including phenoxy) is 2. The highest BCUT2D eigenvalue weighted by Gasteiger charge is 2.17. The largest absolute Gasteiger partial charge is 0.488 e. The highest BCUT2D eigenvalue weighted by molar-refractivity contribution is 9.10. The number of halogens is 5. The van der Waals surface area contributed by atoms with Gasteiger partial charge in [0.25, 0.3) is 0 Å². The Morgan fingerprint density at radius 1 is 0.793 bits per heavy atom. The lowest BCUT2D eigenvalue weighted by molar-refractivity contribution is 0.0463. The SMILES string of the molecule is O=C(OCc1ccc(F)cc1F)c1cc(Br)ccc1OCc1ccc(F)cc1F. The highest BCUT2D eigenvalue weighted by atomic mass is 79.9. The Labute approximate surface area is 172 Å². The van der Waals surface area contributed by atoms with Crippen molar-refractivity contribution in [2.24, 2.45) is 0 Å². The fourth-order valence-corrected chi connectivity index (χ4v) is 2.80. The number of benzene rings is 3. The molecule has 8 heteroatoms. The van der Waals surface area contributed by atoms with Gasteiger partial charge in [0.1, 0.15) is 47.8 Å². The fourth-order valence-electron chi connectivity index (χ4n) is 2.44. The standard InChI is InChI=1S/C21H13BrF4O3/c22-14-3-6-20(28-10-12-1-4-15(23)8-18(12)25)17(7-14)21(27)29-11-13-2-5-16(24)9-19(13)26/h1-9H,10-11H2. The molecule has 0 unspecified atom stereocenters. The van der Waals surface area contributed by atoms with Crippen LogP contribution in [-0.2, 0) is 18.0 Å². The van der Waals surface area contributed by atoms with E-state index in [4.69, 9.17) is 9.47 Å². The van der Waals surface area contributed by atoms with Gasteiger partial charge in [-0.05, 0) is 42.5 Å². The molecule has 3 aromatic carbocycles. The zero-order valence-corrected chi connectivity index (χ0v) is 16.3. The van der Waals surface area contributed by atoms with Crippen molar-refractivity contribution in [2.45, 2.75) is 13.2 Å². The summed E-state index contributed by atoms with van der Waals surface area (Å²) in [4.78, 5) is 12.4. The Kier molecular flexibility index (Phi) is 6.53. The van der Waals surface area contributed by atoms with Crippen molar-refractivity contribution in [3.8, 4) is 5.75 Å². The molecule has 29 heavy (non-hydrogen) atoms. The summed E-state index contributed by atoms with van der Waals surface area (Å²) < 4.78 is 64.6. The lowest BCUT2D eigenvalue weighted by atomic mass is 10.2. The summed E-state index contributed by atoms with van der Waals surface area (Å²) in [6.45, 7) is -0.663. The molecule has 0 aliphatic rings. The zero-order valence-electron chi connectivity index (χ0n) is 14.7. The van der Waals surface area contributed by atoms with Crippen LogP contribution in [0, 0.1) is 23.3 Å². The molecule has 0 heterocycles. The van der Waals surface area contributed by atoms with Crippen LogP contribution in [0.3, 0.4) is 0 Å². The van der Waals surface area contributed by atoms with Crippen molar-refractivity contribution in [3.63, 3.8) is 0 Å². The van der Waals surface area contributed by atoms with E-state index in [1.54, 1.807) is 6.07 Å². The second-order valence-corrected chi connectivity index (χ2v) is 6.89. The van der Waals surface area contributed by atoms with Gasteiger partial charge in [-0.3, -0.25) is 0 Å². The average molecular weight is 469 g/mol. The van der Waals surface area contributed by atoms with Gasteiger partial charge in [-0.2, -0.15) is 0 Å². The molecule has 0 spiro atoms. The molecule has 0 aliphatic carbocycles. The molecule has 3 rings (SSSR count). The molecule has 150 valence electrons. The molecule has 0 saturated carbocycles. The van der Waals surface area contributed by atoms with Crippen LogP contribution in [0.4, 0.5) is 17.6 Å². The number of hydrogen-bond acceptors (Lipinski definition) is 3. The molecule has 0 fully saturated rings. The summed E-state index contributed by atoms with van der Waals surface area (Å²) in [7, 11) is 0. The van der Waals surface area contributed by atoms with E-state index in [0.29, 0.717) is 10.5 Å². The van der Waals surface area contributed by atoms with Gasteiger partial charge < -0.3 is 9.47 Å². The lowest BCUT2D eigenvalue weighted by Gasteiger charge is -2.13. The highest BCUT2D eigenvalue weighted by Crippen LogP contribution is 2.26. The van der Waals surface area contributed by atoms with Crippen molar-refractivity contribution in [1.29, 1.82) is 0 Å². The van der Waals surface area contributed by atoms with E-state index >= 15 is 0 Å². The number of carbonyl (C=O) groups is 1. The minimum Gasteiger partial charge on any atom is -0.488 e. The summed E-state index contributed by atoms with van der Waals surface area (Å²) in [6.07, 6.45) is 0. The van der Waals surface area contributed by atoms with Gasteiger partial charge in [0, 0.05) is 27.7 Å². The smallest absolute Gasteiger partial charge is 0.342 e. The summed E-state index contributed by atoms with van der Waals surface area (Å²) in [5, 5.41) is 0. The van der Waals surface area contributed by atoms with Crippen LogP contribution in [0.5, 0.6) is 5.75 Å². The Hall–Kier alpha value is -2.87. The average Bonchev–Trinajstić information content (AvgIpc) is 2.67. The van der Waals surface area contributed by atoms with Crippen LogP contribution in [-0.4, -0.2) is 5.97 Å². The number of hydrogen-bond donors (Lipinski definition) is 0. The van der Waals surface area contributed by atoms with Gasteiger partial charge in [0.2, 0.25) is 0 Å². The topological polar surface area (TPSA) is 35.5 Å². The van der Waals surface area contributed by atoms with Crippen LogP contribution in [0.2, 0.25) is 0 Å². The molecule has 0 N–H and O–H groups in total. The number of esters is 1. The Bertz CT molecular complexity index is 1060. The van der Waals surface area contributed by atoms with Crippen molar-refractivity contribution >= 4 is 21.9 Å². The molecule has 0 saturated heterocycles. The zero-order chi connectivity index (χ0) is 21.0. The van der Waals surface area contributed by atoms with Crippen LogP contribution >= 0.6 is 15.9 Å². The maximum absolute atomic E-state index is 13.8. The van der Waals surface area contributed by atoms with Crippen molar-refractivity contribution in [2.75, 3.05) is 0 Å². The van der Waals surface area contributed by atoms with Crippen LogP contribution in [0.25, 0.3) is 0 Å². The molecule has 3 nitrogen and oxygen atoms in total. The maximum Gasteiger partial charge on any atom is 0.342 e. The first-order chi connectivity index (χ1) is 13.8. The van der Waals surface area contributed by atoms with Crippen LogP contribution < -0.4 is 4.74 Å². The third-order valence-corrected chi connectivity index (χ3v) is 4.43. The molecule has 3 aromatic rings. The monoisotopic (exact) mass is 468 g/mol. The quantitative estimate of drug-likeness (QED) is 0.331. The molecule has 0 radical (unpaired) electrons. The summed E-state index contributed by atoms with van der Waals surface area (Å²) in [6, 6.07) is 10.5. The molecule has 0 aromatic heterocycles. The fraction of sp³-hybridized carbons (Fsp3) is 0.0952. The first-order valence-electron chi connectivity index (χ1n) is 8.31.